The number of nitrogens with zero attached hydrogens (tertiary/aromatic N) is 1. The zero-order valence-corrected chi connectivity index (χ0v) is 16.5. The molecule has 2 fully saturated rings. The van der Waals surface area contributed by atoms with E-state index in [0.717, 1.165) is 22.4 Å². The van der Waals surface area contributed by atoms with Crippen molar-refractivity contribution in [3.8, 4) is 0 Å². The summed E-state index contributed by atoms with van der Waals surface area (Å²) in [7, 11) is 0. The number of aryl methyl sites for hydroxylation is 1. The smallest absolute Gasteiger partial charge is 0.326 e. The summed E-state index contributed by atoms with van der Waals surface area (Å²) >= 11 is 0. The van der Waals surface area contributed by atoms with E-state index >= 15 is 0 Å². The summed E-state index contributed by atoms with van der Waals surface area (Å²) in [6.07, 6.45) is 2.20. The Bertz CT molecular complexity index is 773. The van der Waals surface area contributed by atoms with Crippen LogP contribution in [0.4, 0.5) is 4.79 Å². The number of hydrogen-bond donors (Lipinski definition) is 1. The zero-order chi connectivity index (χ0) is 19.8. The average molecular weight is 372 g/mol. The highest BCUT2D eigenvalue weighted by molar-refractivity contribution is 6.08. The number of benzene rings is 1. The maximum atomic E-state index is 13.0. The summed E-state index contributed by atoms with van der Waals surface area (Å²) in [5.74, 6) is -0.562. The van der Waals surface area contributed by atoms with Gasteiger partial charge in [0, 0.05) is 0 Å². The number of carbonyl (C=O) groups is 3. The number of imide groups is 1. The third-order valence-electron chi connectivity index (χ3n) is 5.56. The second-order valence-corrected chi connectivity index (χ2v) is 8.85. The molecule has 1 aromatic rings. The molecular formula is C21H28N2O4. The Kier molecular flexibility index (Phi) is 5.02. The van der Waals surface area contributed by atoms with Crippen LogP contribution in [0.3, 0.4) is 0 Å². The van der Waals surface area contributed by atoms with E-state index in [1.807, 2.05) is 31.2 Å². The monoisotopic (exact) mass is 372 g/mol. The molecule has 27 heavy (non-hydrogen) atoms. The van der Waals surface area contributed by atoms with Crippen molar-refractivity contribution in [3.05, 3.63) is 35.4 Å². The maximum Gasteiger partial charge on any atom is 0.326 e. The summed E-state index contributed by atoms with van der Waals surface area (Å²) in [5, 5.41) is 2.87. The van der Waals surface area contributed by atoms with Crippen LogP contribution in [0.25, 0.3) is 0 Å². The van der Waals surface area contributed by atoms with Crippen LogP contribution in [0.5, 0.6) is 0 Å². The first-order valence-electron chi connectivity index (χ1n) is 9.46. The molecule has 1 aromatic carbocycles. The number of urea groups is 1. The maximum absolute atomic E-state index is 13.0. The molecular weight excluding hydrogens is 344 g/mol. The lowest BCUT2D eigenvalue weighted by molar-refractivity contribution is -0.149. The molecule has 1 heterocycles. The van der Waals surface area contributed by atoms with E-state index in [4.69, 9.17) is 4.74 Å². The minimum atomic E-state index is -0.894. The molecule has 1 saturated heterocycles. The molecule has 3 amide bonds. The van der Waals surface area contributed by atoms with E-state index in [1.54, 1.807) is 0 Å². The third kappa shape index (κ3) is 3.99. The number of rotatable bonds is 4. The number of ether oxygens (including phenoxy) is 1. The number of amides is 3. The summed E-state index contributed by atoms with van der Waals surface area (Å²) in [6.45, 7) is 8.04. The normalized spacial score (nSPS) is 27.0. The summed E-state index contributed by atoms with van der Waals surface area (Å²) in [4.78, 5) is 38.7. The summed E-state index contributed by atoms with van der Waals surface area (Å²) in [5.41, 5.74) is 0.997. The SMILES string of the molecule is Cc1ccccc1COC(=O)CN1C(=O)N[C@@]2(C[C@@H](C)CC(C)(C)C2)C1=O. The van der Waals surface area contributed by atoms with Crippen LogP contribution in [0.15, 0.2) is 24.3 Å². The van der Waals surface area contributed by atoms with Gasteiger partial charge in [0.2, 0.25) is 0 Å². The molecule has 3 rings (SSSR count). The lowest BCUT2D eigenvalue weighted by Gasteiger charge is -2.43. The van der Waals surface area contributed by atoms with Gasteiger partial charge in [-0.2, -0.15) is 0 Å². The summed E-state index contributed by atoms with van der Waals surface area (Å²) in [6, 6.07) is 7.12. The average Bonchev–Trinajstić information content (AvgIpc) is 2.75. The molecule has 1 spiro atoms. The predicted octanol–water partition coefficient (Wildman–Crippen LogP) is 3.18. The number of nitrogens with one attached hydrogen (secondary N) is 1. The fourth-order valence-electron chi connectivity index (χ4n) is 4.75. The van der Waals surface area contributed by atoms with Crippen LogP contribution < -0.4 is 5.32 Å². The quantitative estimate of drug-likeness (QED) is 0.651. The minimum Gasteiger partial charge on any atom is -0.459 e. The lowest BCUT2D eigenvalue weighted by Crippen LogP contribution is -2.54. The molecule has 6 nitrogen and oxygen atoms in total. The molecule has 2 aliphatic rings. The Balaban J connectivity index is 1.65. The van der Waals surface area contributed by atoms with E-state index < -0.39 is 17.5 Å². The van der Waals surface area contributed by atoms with E-state index in [-0.39, 0.29) is 24.5 Å². The fourth-order valence-corrected chi connectivity index (χ4v) is 4.75. The highest BCUT2D eigenvalue weighted by Crippen LogP contribution is 2.46. The Labute approximate surface area is 160 Å². The van der Waals surface area contributed by atoms with Crippen LogP contribution in [0, 0.1) is 18.3 Å². The lowest BCUT2D eigenvalue weighted by atomic mass is 9.64. The molecule has 0 radical (unpaired) electrons. The van der Waals surface area contributed by atoms with Crippen molar-refractivity contribution in [2.45, 2.75) is 59.1 Å². The van der Waals surface area contributed by atoms with E-state index in [1.165, 1.54) is 0 Å². The molecule has 146 valence electrons. The molecule has 1 N–H and O–H groups in total. The first-order chi connectivity index (χ1) is 12.6. The van der Waals surface area contributed by atoms with Crippen LogP contribution in [-0.4, -0.2) is 34.9 Å². The van der Waals surface area contributed by atoms with Gasteiger partial charge in [0.1, 0.15) is 18.7 Å². The van der Waals surface area contributed by atoms with Gasteiger partial charge in [-0.25, -0.2) is 4.79 Å². The highest BCUT2D eigenvalue weighted by atomic mass is 16.5. The van der Waals surface area contributed by atoms with Gasteiger partial charge in [0.05, 0.1) is 0 Å². The zero-order valence-electron chi connectivity index (χ0n) is 16.5. The molecule has 0 aromatic heterocycles. The first kappa shape index (κ1) is 19.4. The number of hydrogen-bond acceptors (Lipinski definition) is 4. The van der Waals surface area contributed by atoms with Crippen molar-refractivity contribution in [1.82, 2.24) is 10.2 Å². The number of esters is 1. The van der Waals surface area contributed by atoms with E-state index in [0.29, 0.717) is 18.8 Å². The fraction of sp³-hybridized carbons (Fsp3) is 0.571. The van der Waals surface area contributed by atoms with Gasteiger partial charge in [0.25, 0.3) is 5.91 Å². The van der Waals surface area contributed by atoms with Gasteiger partial charge in [-0.3, -0.25) is 14.5 Å². The molecule has 6 heteroatoms. The van der Waals surface area contributed by atoms with E-state index in [2.05, 4.69) is 26.1 Å². The molecule has 1 saturated carbocycles. The largest absolute Gasteiger partial charge is 0.459 e. The van der Waals surface area contributed by atoms with Crippen molar-refractivity contribution in [3.63, 3.8) is 0 Å². The number of carbonyl (C=O) groups excluding carboxylic acids is 3. The van der Waals surface area contributed by atoms with Crippen LogP contribution in [-0.2, 0) is 20.9 Å². The predicted molar refractivity (Wildman–Crippen MR) is 101 cm³/mol. The van der Waals surface area contributed by atoms with Gasteiger partial charge in [-0.15, -0.1) is 0 Å². The highest BCUT2D eigenvalue weighted by Gasteiger charge is 2.56. The molecule has 0 bridgehead atoms. The topological polar surface area (TPSA) is 75.7 Å². The second-order valence-electron chi connectivity index (χ2n) is 8.85. The Morgan fingerprint density at radius 2 is 1.96 bits per heavy atom. The van der Waals surface area contributed by atoms with E-state index in [9.17, 15) is 14.4 Å². The van der Waals surface area contributed by atoms with Crippen molar-refractivity contribution in [2.75, 3.05) is 6.54 Å². The second kappa shape index (κ2) is 6.98. The van der Waals surface area contributed by atoms with Crippen molar-refractivity contribution in [1.29, 1.82) is 0 Å². The van der Waals surface area contributed by atoms with Gasteiger partial charge in [0.15, 0.2) is 0 Å². The van der Waals surface area contributed by atoms with Crippen LogP contribution in [0.2, 0.25) is 0 Å². The summed E-state index contributed by atoms with van der Waals surface area (Å²) < 4.78 is 5.29. The van der Waals surface area contributed by atoms with Crippen LogP contribution >= 0.6 is 0 Å². The van der Waals surface area contributed by atoms with Gasteiger partial charge in [-0.05, 0) is 48.6 Å². The Hall–Kier alpha value is -2.37. The van der Waals surface area contributed by atoms with Crippen LogP contribution in [0.1, 0.15) is 51.2 Å². The molecule has 2 atom stereocenters. The molecule has 1 aliphatic heterocycles. The van der Waals surface area contributed by atoms with Crippen molar-refractivity contribution < 1.29 is 19.1 Å². The van der Waals surface area contributed by atoms with Gasteiger partial charge >= 0.3 is 12.0 Å². The molecule has 1 aliphatic carbocycles. The van der Waals surface area contributed by atoms with Gasteiger partial charge < -0.3 is 10.1 Å². The van der Waals surface area contributed by atoms with Gasteiger partial charge in [-0.1, -0.05) is 45.0 Å². The standard InChI is InChI=1S/C21H28N2O4/c1-14-9-20(3,4)13-21(10-14)18(25)23(19(26)22-21)11-17(24)27-12-16-8-6-5-7-15(16)2/h5-8,14H,9-13H2,1-4H3,(H,22,26)/t14-,21+/m0/s1. The third-order valence-corrected chi connectivity index (χ3v) is 5.56. The molecule has 0 unspecified atom stereocenters. The minimum absolute atomic E-state index is 0.0397. The van der Waals surface area contributed by atoms with Crippen molar-refractivity contribution in [2.24, 2.45) is 11.3 Å². The Morgan fingerprint density at radius 1 is 1.26 bits per heavy atom. The van der Waals surface area contributed by atoms with Crippen molar-refractivity contribution >= 4 is 17.9 Å². The Morgan fingerprint density at radius 3 is 2.63 bits per heavy atom. The first-order valence-corrected chi connectivity index (χ1v) is 9.46.